The summed E-state index contributed by atoms with van der Waals surface area (Å²) in [6, 6.07) is 0. The van der Waals surface area contributed by atoms with Crippen LogP contribution in [0.4, 0.5) is 0 Å². The van der Waals surface area contributed by atoms with Gasteiger partial charge in [-0.2, -0.15) is 4.99 Å². The molecule has 0 spiro atoms. The van der Waals surface area contributed by atoms with Gasteiger partial charge in [-0.3, -0.25) is 0 Å². The van der Waals surface area contributed by atoms with E-state index in [0.717, 1.165) is 0 Å². The molecule has 1 aliphatic rings. The van der Waals surface area contributed by atoms with Crippen LogP contribution >= 0.6 is 12.2 Å². The minimum atomic E-state index is -1.38. The van der Waals surface area contributed by atoms with Gasteiger partial charge in [0.15, 0.2) is 0 Å². The van der Waals surface area contributed by atoms with Crippen molar-refractivity contribution in [3.05, 3.63) is 24.3 Å². The van der Waals surface area contributed by atoms with Gasteiger partial charge in [0.05, 0.1) is 5.16 Å². The summed E-state index contributed by atoms with van der Waals surface area (Å²) in [6.07, 6.45) is 6.20. The van der Waals surface area contributed by atoms with Crippen LogP contribution in [0.1, 0.15) is 0 Å². The largest absolute Gasteiger partial charge is 0.372 e. The lowest BCUT2D eigenvalue weighted by molar-refractivity contribution is -0.0313. The molecule has 0 aliphatic heterocycles. The Labute approximate surface area is 76.1 Å². The van der Waals surface area contributed by atoms with Gasteiger partial charge < -0.3 is 9.84 Å². The van der Waals surface area contributed by atoms with E-state index in [9.17, 15) is 5.11 Å². The summed E-state index contributed by atoms with van der Waals surface area (Å²) in [5.74, 6) is 0. The number of aliphatic imine (C=N–C) groups is 1. The van der Waals surface area contributed by atoms with Crippen molar-refractivity contribution in [3.63, 3.8) is 0 Å². The molecule has 12 heavy (non-hydrogen) atoms. The Morgan fingerprint density at radius 3 is 3.00 bits per heavy atom. The van der Waals surface area contributed by atoms with E-state index in [2.05, 4.69) is 22.4 Å². The van der Waals surface area contributed by atoms with E-state index in [1.165, 1.54) is 13.2 Å². The van der Waals surface area contributed by atoms with Crippen LogP contribution in [0.2, 0.25) is 0 Å². The number of ether oxygens (including phenoxy) is 1. The second kappa shape index (κ2) is 3.74. The molecule has 0 aromatic heterocycles. The molecule has 0 heterocycles. The predicted octanol–water partition coefficient (Wildman–Crippen LogP) is 0.919. The van der Waals surface area contributed by atoms with E-state index >= 15 is 0 Å². The molecule has 0 aromatic carbocycles. The first-order valence-corrected chi connectivity index (χ1v) is 3.84. The van der Waals surface area contributed by atoms with E-state index in [4.69, 9.17) is 4.74 Å². The van der Waals surface area contributed by atoms with Crippen LogP contribution in [0.3, 0.4) is 0 Å². The molecule has 2 atom stereocenters. The summed E-state index contributed by atoms with van der Waals surface area (Å²) in [4.78, 5) is 3.63. The van der Waals surface area contributed by atoms with Crippen molar-refractivity contribution in [2.45, 2.75) is 11.8 Å². The number of thiocarbonyl (C=S) groups is 1. The van der Waals surface area contributed by atoms with Crippen LogP contribution in [0.15, 0.2) is 29.3 Å². The molecule has 0 bridgehead atoms. The van der Waals surface area contributed by atoms with Crippen molar-refractivity contribution in [1.29, 1.82) is 0 Å². The summed E-state index contributed by atoms with van der Waals surface area (Å²) in [5, 5.41) is 11.9. The Morgan fingerprint density at radius 2 is 2.42 bits per heavy atom. The number of hydrogen-bond donors (Lipinski definition) is 1. The normalized spacial score (nSPS) is 33.0. The van der Waals surface area contributed by atoms with Gasteiger partial charge in [-0.1, -0.05) is 18.2 Å². The number of rotatable bonds is 2. The molecule has 1 rings (SSSR count). The molecule has 64 valence electrons. The number of nitrogens with zero attached hydrogens (tertiary/aromatic N) is 1. The van der Waals surface area contributed by atoms with E-state index in [1.807, 2.05) is 0 Å². The minimum absolute atomic E-state index is 0.488. The molecule has 1 aliphatic carbocycles. The van der Waals surface area contributed by atoms with Crippen LogP contribution in [0.5, 0.6) is 0 Å². The summed E-state index contributed by atoms with van der Waals surface area (Å²) in [7, 11) is 1.50. The number of isothiocyanates is 1. The third-order valence-electron chi connectivity index (χ3n) is 1.64. The summed E-state index contributed by atoms with van der Waals surface area (Å²) < 4.78 is 4.99. The summed E-state index contributed by atoms with van der Waals surface area (Å²) in [6.45, 7) is 0. The van der Waals surface area contributed by atoms with Gasteiger partial charge in [-0.15, -0.1) is 0 Å². The molecule has 3 nitrogen and oxygen atoms in total. The predicted molar refractivity (Wildman–Crippen MR) is 49.1 cm³/mol. The van der Waals surface area contributed by atoms with Gasteiger partial charge in [-0.25, -0.2) is 0 Å². The van der Waals surface area contributed by atoms with Crippen LogP contribution in [0.25, 0.3) is 0 Å². The van der Waals surface area contributed by atoms with Crippen molar-refractivity contribution >= 4 is 17.4 Å². The van der Waals surface area contributed by atoms with Crippen molar-refractivity contribution in [1.82, 2.24) is 0 Å². The molecule has 0 saturated heterocycles. The third-order valence-corrected chi connectivity index (χ3v) is 1.73. The quantitative estimate of drug-likeness (QED) is 0.511. The average molecular weight is 183 g/mol. The number of hydrogen-bond acceptors (Lipinski definition) is 4. The summed E-state index contributed by atoms with van der Waals surface area (Å²) >= 11 is 4.42. The van der Waals surface area contributed by atoms with E-state index in [1.54, 1.807) is 18.2 Å². The highest BCUT2D eigenvalue weighted by Gasteiger charge is 2.33. The zero-order valence-corrected chi connectivity index (χ0v) is 7.41. The van der Waals surface area contributed by atoms with Gasteiger partial charge in [0.25, 0.3) is 0 Å². The Hall–Kier alpha value is -0.800. The van der Waals surface area contributed by atoms with Crippen LogP contribution in [0, 0.1) is 0 Å². The Morgan fingerprint density at radius 1 is 1.67 bits per heavy atom. The van der Waals surface area contributed by atoms with Crippen molar-refractivity contribution in [2.75, 3.05) is 7.11 Å². The molecular formula is C8H9NO2S. The molecule has 4 heteroatoms. The molecule has 0 amide bonds. The minimum Gasteiger partial charge on any atom is -0.372 e. The fourth-order valence-electron chi connectivity index (χ4n) is 1.02. The zero-order chi connectivity index (χ0) is 9.03. The number of aliphatic hydroxyl groups is 1. The summed E-state index contributed by atoms with van der Waals surface area (Å²) in [5.41, 5.74) is -1.38. The lowest BCUT2D eigenvalue weighted by Gasteiger charge is -2.27. The molecule has 0 fully saturated rings. The first-order valence-electron chi connectivity index (χ1n) is 3.43. The van der Waals surface area contributed by atoms with Gasteiger partial charge >= 0.3 is 0 Å². The molecule has 0 radical (unpaired) electrons. The zero-order valence-electron chi connectivity index (χ0n) is 6.60. The molecule has 2 unspecified atom stereocenters. The van der Waals surface area contributed by atoms with Gasteiger partial charge in [0.2, 0.25) is 5.72 Å². The lowest BCUT2D eigenvalue weighted by Crippen LogP contribution is -2.39. The Kier molecular flexibility index (Phi) is 2.89. The number of methoxy groups -OCH3 is 1. The maximum absolute atomic E-state index is 9.77. The van der Waals surface area contributed by atoms with Crippen LogP contribution in [-0.2, 0) is 4.74 Å². The molecule has 0 aromatic rings. The molecule has 1 N–H and O–H groups in total. The highest BCUT2D eigenvalue weighted by Crippen LogP contribution is 2.21. The van der Waals surface area contributed by atoms with Crippen LogP contribution in [-0.4, -0.2) is 29.2 Å². The smallest absolute Gasteiger partial charge is 0.215 e. The first-order chi connectivity index (χ1) is 5.73. The van der Waals surface area contributed by atoms with Gasteiger partial charge in [0, 0.05) is 7.11 Å². The standard InChI is InChI=1S/C8H9NO2S/c1-11-7-4-2-3-5-8(7,10)9-6-12/h2-5,7,10H,1H3. The van der Waals surface area contributed by atoms with Crippen molar-refractivity contribution in [2.24, 2.45) is 4.99 Å². The SMILES string of the molecule is COC1C=CC=CC1(O)N=C=S. The van der Waals surface area contributed by atoms with Gasteiger partial charge in [-0.05, 0) is 18.3 Å². The second-order valence-corrected chi connectivity index (χ2v) is 2.57. The van der Waals surface area contributed by atoms with Crippen molar-refractivity contribution < 1.29 is 9.84 Å². The van der Waals surface area contributed by atoms with E-state index in [0.29, 0.717) is 0 Å². The average Bonchev–Trinajstić information content (AvgIpc) is 2.05. The molecular weight excluding hydrogens is 174 g/mol. The van der Waals surface area contributed by atoms with Crippen molar-refractivity contribution in [3.8, 4) is 0 Å². The third kappa shape index (κ3) is 1.68. The monoisotopic (exact) mass is 183 g/mol. The highest BCUT2D eigenvalue weighted by molar-refractivity contribution is 7.78. The Bertz CT molecular complexity index is 268. The maximum atomic E-state index is 9.77. The lowest BCUT2D eigenvalue weighted by atomic mass is 10.0. The van der Waals surface area contributed by atoms with Gasteiger partial charge in [0.1, 0.15) is 6.10 Å². The fraction of sp³-hybridized carbons (Fsp3) is 0.375. The Balaban J connectivity index is 2.93. The van der Waals surface area contributed by atoms with E-state index in [-0.39, 0.29) is 0 Å². The van der Waals surface area contributed by atoms with E-state index < -0.39 is 11.8 Å². The topological polar surface area (TPSA) is 41.8 Å². The first kappa shape index (κ1) is 9.29. The second-order valence-electron chi connectivity index (χ2n) is 2.39. The highest BCUT2D eigenvalue weighted by atomic mass is 32.1. The fourth-order valence-corrected chi connectivity index (χ4v) is 1.17. The number of allylic oxidation sites excluding steroid dienone is 2. The van der Waals surface area contributed by atoms with Crippen LogP contribution < -0.4 is 0 Å². The molecule has 0 saturated carbocycles. The maximum Gasteiger partial charge on any atom is 0.215 e.